The molecular weight excluding hydrogens is 291 g/mol. The van der Waals surface area contributed by atoms with Gasteiger partial charge in [0, 0.05) is 21.7 Å². The van der Waals surface area contributed by atoms with E-state index in [-0.39, 0.29) is 12.5 Å². The molecule has 0 spiro atoms. The number of hydrogen-bond acceptors (Lipinski definition) is 2. The van der Waals surface area contributed by atoms with Gasteiger partial charge in [-0.05, 0) is 18.2 Å². The number of hydrogen-bond donors (Lipinski definition) is 2. The normalized spacial score (nSPS) is 9.88. The first-order valence-electron chi connectivity index (χ1n) is 4.67. The van der Waals surface area contributed by atoms with Gasteiger partial charge in [-0.15, -0.1) is 0 Å². The second-order valence-electron chi connectivity index (χ2n) is 3.18. The van der Waals surface area contributed by atoms with E-state index in [1.165, 1.54) is 0 Å². The summed E-state index contributed by atoms with van der Waals surface area (Å²) in [5, 5.41) is 6.10. The lowest BCUT2D eigenvalue weighted by Gasteiger charge is -2.06. The fraction of sp³-hybridized carbons (Fsp3) is 0.182. The van der Waals surface area contributed by atoms with Gasteiger partial charge in [0.05, 0.1) is 6.54 Å². The minimum atomic E-state index is -0.115. The highest BCUT2D eigenvalue weighted by Crippen LogP contribution is 2.15. The third kappa shape index (κ3) is 5.30. The molecule has 0 aromatic heterocycles. The smallest absolute Gasteiger partial charge is 0.238 e. The molecule has 0 atom stereocenters. The van der Waals surface area contributed by atoms with E-state index < -0.39 is 0 Å². The number of benzene rings is 1. The fourth-order valence-electron chi connectivity index (χ4n) is 1.08. The lowest BCUT2D eigenvalue weighted by molar-refractivity contribution is -0.115. The highest BCUT2D eigenvalue weighted by Gasteiger charge is 2.01. The third-order valence-corrected chi connectivity index (χ3v) is 2.34. The molecule has 16 heavy (non-hydrogen) atoms. The summed E-state index contributed by atoms with van der Waals surface area (Å²) in [5.41, 5.74) is 0.755. The Bertz CT molecular complexity index is 395. The topological polar surface area (TPSA) is 41.1 Å². The molecule has 0 saturated heterocycles. The maximum Gasteiger partial charge on any atom is 0.238 e. The van der Waals surface area contributed by atoms with Crippen molar-refractivity contribution in [1.82, 2.24) is 5.32 Å². The average Bonchev–Trinajstić information content (AvgIpc) is 2.16. The van der Waals surface area contributed by atoms with Crippen LogP contribution in [-0.2, 0) is 4.79 Å². The molecule has 0 heterocycles. The lowest BCUT2D eigenvalue weighted by atomic mass is 10.3. The van der Waals surface area contributed by atoms with E-state index in [4.69, 9.17) is 11.6 Å². The molecule has 3 nitrogen and oxygen atoms in total. The Morgan fingerprint density at radius 1 is 1.44 bits per heavy atom. The molecule has 1 amide bonds. The van der Waals surface area contributed by atoms with E-state index in [1.807, 2.05) is 24.3 Å². The minimum Gasteiger partial charge on any atom is -0.325 e. The Kier molecular flexibility index (Phi) is 5.52. The van der Waals surface area contributed by atoms with Gasteiger partial charge in [-0.25, -0.2) is 0 Å². The number of halogens is 2. The van der Waals surface area contributed by atoms with Crippen molar-refractivity contribution in [3.05, 3.63) is 40.3 Å². The molecule has 1 aromatic carbocycles. The third-order valence-electron chi connectivity index (χ3n) is 1.71. The first kappa shape index (κ1) is 13.2. The molecular formula is C11H12BrClN2O. The zero-order valence-corrected chi connectivity index (χ0v) is 10.9. The average molecular weight is 304 g/mol. The molecule has 0 aliphatic rings. The molecule has 86 valence electrons. The molecule has 0 aliphatic carbocycles. The quantitative estimate of drug-likeness (QED) is 0.878. The summed E-state index contributed by atoms with van der Waals surface area (Å²) >= 11 is 8.88. The van der Waals surface area contributed by atoms with Crippen LogP contribution in [-0.4, -0.2) is 19.0 Å². The van der Waals surface area contributed by atoms with Crippen LogP contribution in [0.4, 0.5) is 5.69 Å². The zero-order chi connectivity index (χ0) is 12.0. The Balaban J connectivity index is 2.37. The van der Waals surface area contributed by atoms with E-state index in [0.29, 0.717) is 11.6 Å². The summed E-state index contributed by atoms with van der Waals surface area (Å²) in [6.07, 6.45) is 0. The van der Waals surface area contributed by atoms with Gasteiger partial charge in [0.25, 0.3) is 0 Å². The van der Waals surface area contributed by atoms with Gasteiger partial charge in [-0.2, -0.15) is 0 Å². The van der Waals surface area contributed by atoms with Crippen molar-refractivity contribution < 1.29 is 4.79 Å². The summed E-state index contributed by atoms with van der Waals surface area (Å²) < 4.78 is 0.924. The van der Waals surface area contributed by atoms with Crippen molar-refractivity contribution in [2.24, 2.45) is 0 Å². The van der Waals surface area contributed by atoms with Crippen molar-refractivity contribution >= 4 is 39.1 Å². The molecule has 1 aromatic rings. The maximum absolute atomic E-state index is 11.4. The van der Waals surface area contributed by atoms with Gasteiger partial charge >= 0.3 is 0 Å². The van der Waals surface area contributed by atoms with Gasteiger partial charge in [0.15, 0.2) is 0 Å². The van der Waals surface area contributed by atoms with Gasteiger partial charge in [0.2, 0.25) is 5.91 Å². The second-order valence-corrected chi connectivity index (χ2v) is 4.63. The number of carbonyl (C=O) groups is 1. The molecule has 0 radical (unpaired) electrons. The first-order chi connectivity index (χ1) is 7.58. The van der Waals surface area contributed by atoms with E-state index in [0.717, 1.165) is 10.2 Å². The molecule has 0 aliphatic heterocycles. The van der Waals surface area contributed by atoms with Crippen LogP contribution in [0.25, 0.3) is 0 Å². The van der Waals surface area contributed by atoms with Crippen LogP contribution in [0.15, 0.2) is 40.3 Å². The largest absolute Gasteiger partial charge is 0.325 e. The van der Waals surface area contributed by atoms with Gasteiger partial charge in [-0.1, -0.05) is 40.2 Å². The molecule has 0 fully saturated rings. The maximum atomic E-state index is 11.4. The van der Waals surface area contributed by atoms with Crippen molar-refractivity contribution in [3.8, 4) is 0 Å². The van der Waals surface area contributed by atoms with Crippen molar-refractivity contribution in [2.75, 3.05) is 18.4 Å². The molecule has 0 saturated carbocycles. The number of amides is 1. The summed E-state index contributed by atoms with van der Waals surface area (Å²) in [7, 11) is 0. The summed E-state index contributed by atoms with van der Waals surface area (Å²) in [6.45, 7) is 4.14. The number of carbonyl (C=O) groups excluding carboxylic acids is 1. The predicted octanol–water partition coefficient (Wildman–Crippen LogP) is 2.73. The minimum absolute atomic E-state index is 0.115. The standard InChI is InChI=1S/C11H12BrClN2O/c1-8(13)6-14-7-11(16)15-10-4-2-3-9(12)5-10/h2-5,14H,1,6-7H2,(H,15,16). The van der Waals surface area contributed by atoms with E-state index in [1.54, 1.807) is 0 Å². The van der Waals surface area contributed by atoms with Crippen molar-refractivity contribution in [3.63, 3.8) is 0 Å². The van der Waals surface area contributed by atoms with Crippen LogP contribution in [0.3, 0.4) is 0 Å². The fourth-order valence-corrected chi connectivity index (χ4v) is 1.58. The SMILES string of the molecule is C=C(Cl)CNCC(=O)Nc1cccc(Br)c1. The molecule has 5 heteroatoms. The first-order valence-corrected chi connectivity index (χ1v) is 5.84. The monoisotopic (exact) mass is 302 g/mol. The van der Waals surface area contributed by atoms with Crippen LogP contribution in [0.2, 0.25) is 0 Å². The number of anilines is 1. The van der Waals surface area contributed by atoms with Gasteiger partial charge < -0.3 is 10.6 Å². The Morgan fingerprint density at radius 2 is 2.19 bits per heavy atom. The number of nitrogens with one attached hydrogen (secondary N) is 2. The van der Waals surface area contributed by atoms with Crippen molar-refractivity contribution in [2.45, 2.75) is 0 Å². The molecule has 1 rings (SSSR count). The lowest BCUT2D eigenvalue weighted by Crippen LogP contribution is -2.28. The van der Waals surface area contributed by atoms with Crippen LogP contribution in [0, 0.1) is 0 Å². The van der Waals surface area contributed by atoms with E-state index in [2.05, 4.69) is 33.1 Å². The number of rotatable bonds is 5. The van der Waals surface area contributed by atoms with Gasteiger partial charge in [0.1, 0.15) is 0 Å². The summed E-state index contributed by atoms with van der Waals surface area (Å²) in [6, 6.07) is 7.40. The van der Waals surface area contributed by atoms with E-state index in [9.17, 15) is 4.79 Å². The predicted molar refractivity (Wildman–Crippen MR) is 70.6 cm³/mol. The highest BCUT2D eigenvalue weighted by atomic mass is 79.9. The summed E-state index contributed by atoms with van der Waals surface area (Å²) in [4.78, 5) is 11.4. The Labute approximate surface area is 108 Å². The Hall–Kier alpha value is -0.840. The van der Waals surface area contributed by atoms with Gasteiger partial charge in [-0.3, -0.25) is 4.79 Å². The zero-order valence-electron chi connectivity index (χ0n) is 8.59. The molecule has 2 N–H and O–H groups in total. The van der Waals surface area contributed by atoms with Crippen LogP contribution in [0.5, 0.6) is 0 Å². The Morgan fingerprint density at radius 3 is 2.81 bits per heavy atom. The van der Waals surface area contributed by atoms with Crippen LogP contribution < -0.4 is 10.6 Å². The molecule has 0 unspecified atom stereocenters. The van der Waals surface area contributed by atoms with Crippen LogP contribution in [0.1, 0.15) is 0 Å². The van der Waals surface area contributed by atoms with Crippen LogP contribution >= 0.6 is 27.5 Å². The van der Waals surface area contributed by atoms with E-state index >= 15 is 0 Å². The molecule has 0 bridgehead atoms. The van der Waals surface area contributed by atoms with Crippen molar-refractivity contribution in [1.29, 1.82) is 0 Å². The summed E-state index contributed by atoms with van der Waals surface area (Å²) in [5.74, 6) is -0.115. The highest BCUT2D eigenvalue weighted by molar-refractivity contribution is 9.10. The second kappa shape index (κ2) is 6.68.